The maximum atomic E-state index is 11.9. The first kappa shape index (κ1) is 15.4. The Kier molecular flexibility index (Phi) is 6.21. The van der Waals surface area contributed by atoms with Crippen molar-refractivity contribution in [3.8, 4) is 0 Å². The number of carbonyl (C=O) groups excluding carboxylic acids is 1. The van der Waals surface area contributed by atoms with Crippen LogP contribution in [0.4, 0.5) is 5.82 Å². The van der Waals surface area contributed by atoms with E-state index in [0.717, 1.165) is 19.5 Å². The van der Waals surface area contributed by atoms with E-state index in [2.05, 4.69) is 25.5 Å². The van der Waals surface area contributed by atoms with Crippen LogP contribution in [0.3, 0.4) is 0 Å². The third-order valence-electron chi connectivity index (χ3n) is 2.75. The summed E-state index contributed by atoms with van der Waals surface area (Å²) in [5, 5.41) is 6.05. The predicted octanol–water partition coefficient (Wildman–Crippen LogP) is 0.978. The molecule has 1 atom stereocenters. The van der Waals surface area contributed by atoms with Gasteiger partial charge >= 0.3 is 0 Å². The maximum Gasteiger partial charge on any atom is 0.270 e. The molecule has 0 fully saturated rings. The molecule has 1 unspecified atom stereocenters. The fourth-order valence-electron chi connectivity index (χ4n) is 1.39. The van der Waals surface area contributed by atoms with Gasteiger partial charge in [-0.25, -0.2) is 9.97 Å². The molecular weight excluding hydrogens is 242 g/mol. The van der Waals surface area contributed by atoms with E-state index < -0.39 is 0 Å². The molecule has 0 aliphatic heterocycles. The van der Waals surface area contributed by atoms with Gasteiger partial charge < -0.3 is 15.5 Å². The van der Waals surface area contributed by atoms with Crippen LogP contribution in [-0.2, 0) is 0 Å². The molecule has 19 heavy (non-hydrogen) atoms. The van der Waals surface area contributed by atoms with Crippen molar-refractivity contribution >= 4 is 11.7 Å². The highest BCUT2D eigenvalue weighted by atomic mass is 16.1. The minimum absolute atomic E-state index is 0.146. The lowest BCUT2D eigenvalue weighted by molar-refractivity contribution is 0.0934. The van der Waals surface area contributed by atoms with Crippen molar-refractivity contribution in [1.82, 2.24) is 20.2 Å². The molecule has 0 aliphatic rings. The number of carbonyl (C=O) groups is 1. The van der Waals surface area contributed by atoms with E-state index in [-0.39, 0.29) is 11.9 Å². The molecule has 0 saturated heterocycles. The number of hydrogen-bond donors (Lipinski definition) is 2. The molecule has 1 aromatic rings. The third kappa shape index (κ3) is 5.65. The van der Waals surface area contributed by atoms with E-state index in [1.165, 1.54) is 6.33 Å². The zero-order chi connectivity index (χ0) is 14.3. The third-order valence-corrected chi connectivity index (χ3v) is 2.75. The van der Waals surface area contributed by atoms with E-state index in [0.29, 0.717) is 11.5 Å². The zero-order valence-corrected chi connectivity index (χ0v) is 12.1. The standard InChI is InChI=1S/C13H23N5O/c1-5-10(2)17-13(19)11-8-12(16-9-15-11)14-6-7-18(3)4/h8-10H,5-7H2,1-4H3,(H,17,19)(H,14,15,16). The normalized spacial score (nSPS) is 12.3. The summed E-state index contributed by atoms with van der Waals surface area (Å²) in [5.74, 6) is 0.513. The zero-order valence-electron chi connectivity index (χ0n) is 12.1. The van der Waals surface area contributed by atoms with Crippen molar-refractivity contribution < 1.29 is 4.79 Å². The fraction of sp³-hybridized carbons (Fsp3) is 0.615. The molecule has 0 radical (unpaired) electrons. The molecule has 106 valence electrons. The summed E-state index contributed by atoms with van der Waals surface area (Å²) < 4.78 is 0. The van der Waals surface area contributed by atoms with Gasteiger partial charge in [0.1, 0.15) is 17.8 Å². The van der Waals surface area contributed by atoms with Gasteiger partial charge in [-0.15, -0.1) is 0 Å². The van der Waals surface area contributed by atoms with E-state index >= 15 is 0 Å². The molecular formula is C13H23N5O. The molecule has 6 nitrogen and oxygen atoms in total. The monoisotopic (exact) mass is 265 g/mol. The Balaban J connectivity index is 2.58. The Morgan fingerprint density at radius 3 is 2.79 bits per heavy atom. The highest BCUT2D eigenvalue weighted by Crippen LogP contribution is 2.04. The van der Waals surface area contributed by atoms with Crippen LogP contribution >= 0.6 is 0 Å². The molecule has 2 N–H and O–H groups in total. The average molecular weight is 265 g/mol. The summed E-state index contributed by atoms with van der Waals surface area (Å²) in [4.78, 5) is 22.1. The number of nitrogens with zero attached hydrogens (tertiary/aromatic N) is 3. The second kappa shape index (κ2) is 7.68. The molecule has 1 aromatic heterocycles. The second-order valence-electron chi connectivity index (χ2n) is 4.80. The minimum atomic E-state index is -0.160. The molecule has 0 bridgehead atoms. The Hall–Kier alpha value is -1.69. The van der Waals surface area contributed by atoms with Gasteiger partial charge in [-0.1, -0.05) is 6.92 Å². The van der Waals surface area contributed by atoms with Gasteiger partial charge in [-0.2, -0.15) is 0 Å². The van der Waals surface area contributed by atoms with Crippen LogP contribution in [0.2, 0.25) is 0 Å². The van der Waals surface area contributed by atoms with Crippen molar-refractivity contribution in [2.24, 2.45) is 0 Å². The number of rotatable bonds is 7. The van der Waals surface area contributed by atoms with Crippen LogP contribution in [0.1, 0.15) is 30.8 Å². The van der Waals surface area contributed by atoms with E-state index in [9.17, 15) is 4.79 Å². The number of nitrogens with one attached hydrogen (secondary N) is 2. The molecule has 1 heterocycles. The molecule has 0 saturated carbocycles. The Labute approximate surface area is 114 Å². The Morgan fingerprint density at radius 1 is 1.42 bits per heavy atom. The Bertz CT molecular complexity index is 408. The van der Waals surface area contributed by atoms with Crippen molar-refractivity contribution in [2.45, 2.75) is 26.3 Å². The average Bonchev–Trinajstić information content (AvgIpc) is 2.38. The van der Waals surface area contributed by atoms with E-state index in [1.54, 1.807) is 6.07 Å². The van der Waals surface area contributed by atoms with Crippen molar-refractivity contribution in [3.05, 3.63) is 18.1 Å². The van der Waals surface area contributed by atoms with Crippen LogP contribution in [0.5, 0.6) is 0 Å². The molecule has 1 amide bonds. The Morgan fingerprint density at radius 2 is 2.16 bits per heavy atom. The fourth-order valence-corrected chi connectivity index (χ4v) is 1.39. The van der Waals surface area contributed by atoms with Gasteiger partial charge in [0, 0.05) is 25.2 Å². The van der Waals surface area contributed by atoms with Gasteiger partial charge in [0.05, 0.1) is 0 Å². The summed E-state index contributed by atoms with van der Waals surface area (Å²) in [6, 6.07) is 1.82. The van der Waals surface area contributed by atoms with Gasteiger partial charge in [-0.05, 0) is 27.4 Å². The molecule has 0 spiro atoms. The largest absolute Gasteiger partial charge is 0.369 e. The van der Waals surface area contributed by atoms with Crippen LogP contribution in [-0.4, -0.2) is 54.0 Å². The smallest absolute Gasteiger partial charge is 0.270 e. The van der Waals surface area contributed by atoms with Crippen LogP contribution in [0.15, 0.2) is 12.4 Å². The summed E-state index contributed by atoms with van der Waals surface area (Å²) in [7, 11) is 4.01. The number of hydrogen-bond acceptors (Lipinski definition) is 5. The minimum Gasteiger partial charge on any atom is -0.369 e. The van der Waals surface area contributed by atoms with Crippen LogP contribution < -0.4 is 10.6 Å². The lowest BCUT2D eigenvalue weighted by atomic mass is 10.2. The second-order valence-corrected chi connectivity index (χ2v) is 4.80. The SMILES string of the molecule is CCC(C)NC(=O)c1cc(NCCN(C)C)ncn1. The van der Waals surface area contributed by atoms with Crippen molar-refractivity contribution in [2.75, 3.05) is 32.5 Å². The lowest BCUT2D eigenvalue weighted by Crippen LogP contribution is -2.32. The molecule has 0 aliphatic carbocycles. The van der Waals surface area contributed by atoms with Crippen molar-refractivity contribution in [1.29, 1.82) is 0 Å². The van der Waals surface area contributed by atoms with Crippen molar-refractivity contribution in [3.63, 3.8) is 0 Å². The van der Waals surface area contributed by atoms with Gasteiger partial charge in [0.2, 0.25) is 0 Å². The number of aromatic nitrogens is 2. The number of likely N-dealkylation sites (N-methyl/N-ethyl adjacent to an activating group) is 1. The summed E-state index contributed by atoms with van der Waals surface area (Å²) in [6.07, 6.45) is 2.30. The first-order valence-electron chi connectivity index (χ1n) is 6.54. The molecule has 1 rings (SSSR count). The highest BCUT2D eigenvalue weighted by Gasteiger charge is 2.10. The summed E-state index contributed by atoms with van der Waals surface area (Å²) >= 11 is 0. The van der Waals surface area contributed by atoms with Crippen LogP contribution in [0.25, 0.3) is 0 Å². The molecule has 0 aromatic carbocycles. The number of anilines is 1. The summed E-state index contributed by atoms with van der Waals surface area (Å²) in [6.45, 7) is 5.67. The predicted molar refractivity (Wildman–Crippen MR) is 76.3 cm³/mol. The number of amides is 1. The van der Waals surface area contributed by atoms with Gasteiger partial charge in [0.25, 0.3) is 5.91 Å². The lowest BCUT2D eigenvalue weighted by Gasteiger charge is -2.12. The van der Waals surface area contributed by atoms with E-state index in [1.807, 2.05) is 27.9 Å². The topological polar surface area (TPSA) is 70.2 Å². The van der Waals surface area contributed by atoms with E-state index in [4.69, 9.17) is 0 Å². The van der Waals surface area contributed by atoms with Gasteiger partial charge in [0.15, 0.2) is 0 Å². The quantitative estimate of drug-likeness (QED) is 0.769. The molecule has 6 heteroatoms. The van der Waals surface area contributed by atoms with Crippen LogP contribution in [0, 0.1) is 0 Å². The first-order valence-corrected chi connectivity index (χ1v) is 6.54. The highest BCUT2D eigenvalue weighted by molar-refractivity contribution is 5.93. The first-order chi connectivity index (χ1) is 9.02. The van der Waals surface area contributed by atoms with Gasteiger partial charge in [-0.3, -0.25) is 4.79 Å². The maximum absolute atomic E-state index is 11.9. The summed E-state index contributed by atoms with van der Waals surface area (Å²) in [5.41, 5.74) is 0.391.